The SMILES string of the molecule is CC(=O)Nc1ccc(C(C)=O)c(OC(=O)c2cc(F)c(N(C)Cc3ccccc3)c(F)c2)c1[N+](=O)[O-]. The second-order valence-electron chi connectivity index (χ2n) is 7.85. The highest BCUT2D eigenvalue weighted by Gasteiger charge is 2.30. The molecule has 0 radical (unpaired) electrons. The molecular weight excluding hydrogens is 476 g/mol. The Morgan fingerprint density at radius 2 is 1.64 bits per heavy atom. The first-order valence-corrected chi connectivity index (χ1v) is 10.6. The lowest BCUT2D eigenvalue weighted by atomic mass is 10.1. The summed E-state index contributed by atoms with van der Waals surface area (Å²) in [5.74, 6) is -5.54. The third-order valence-corrected chi connectivity index (χ3v) is 5.10. The van der Waals surface area contributed by atoms with E-state index >= 15 is 0 Å². The van der Waals surface area contributed by atoms with Gasteiger partial charge in [-0.3, -0.25) is 19.7 Å². The van der Waals surface area contributed by atoms with Crippen LogP contribution in [0, 0.1) is 21.7 Å². The molecular formula is C25H21F2N3O6. The molecule has 0 bridgehead atoms. The molecule has 0 spiro atoms. The number of ether oxygens (including phenoxy) is 1. The Morgan fingerprint density at radius 1 is 1.03 bits per heavy atom. The predicted octanol–water partition coefficient (Wildman–Crippen LogP) is 4.89. The van der Waals surface area contributed by atoms with E-state index in [0.717, 1.165) is 43.7 Å². The van der Waals surface area contributed by atoms with Gasteiger partial charge >= 0.3 is 11.7 Å². The molecule has 3 aromatic rings. The minimum absolute atomic E-state index is 0.183. The molecule has 3 aromatic carbocycles. The molecule has 0 heterocycles. The number of nitrogens with zero attached hydrogens (tertiary/aromatic N) is 2. The molecule has 3 rings (SSSR count). The van der Waals surface area contributed by atoms with E-state index in [2.05, 4.69) is 5.32 Å². The summed E-state index contributed by atoms with van der Waals surface area (Å²) in [4.78, 5) is 48.4. The second-order valence-corrected chi connectivity index (χ2v) is 7.85. The fourth-order valence-corrected chi connectivity index (χ4v) is 3.56. The van der Waals surface area contributed by atoms with Crippen LogP contribution in [0.4, 0.5) is 25.8 Å². The van der Waals surface area contributed by atoms with Crippen LogP contribution >= 0.6 is 0 Å². The molecule has 0 aliphatic carbocycles. The van der Waals surface area contributed by atoms with Gasteiger partial charge in [0.25, 0.3) is 0 Å². The Kier molecular flexibility index (Phi) is 7.73. The van der Waals surface area contributed by atoms with Gasteiger partial charge in [0.15, 0.2) is 5.78 Å². The van der Waals surface area contributed by atoms with Crippen molar-refractivity contribution < 1.29 is 32.8 Å². The topological polar surface area (TPSA) is 119 Å². The van der Waals surface area contributed by atoms with E-state index < -0.39 is 56.9 Å². The molecule has 0 fully saturated rings. The van der Waals surface area contributed by atoms with Crippen molar-refractivity contribution in [3.63, 3.8) is 0 Å². The van der Waals surface area contributed by atoms with Crippen LogP contribution in [-0.4, -0.2) is 29.6 Å². The standard InChI is InChI=1S/C25H21F2N3O6/c1-14(31)18-9-10-21(28-15(2)32)23(30(34)35)24(18)36-25(33)17-11-19(26)22(20(27)12-17)29(3)13-16-7-5-4-6-8-16/h4-12H,13H2,1-3H3,(H,28,32). The lowest BCUT2D eigenvalue weighted by Gasteiger charge is -2.21. The van der Waals surface area contributed by atoms with Gasteiger partial charge < -0.3 is 15.0 Å². The van der Waals surface area contributed by atoms with E-state index in [1.165, 1.54) is 11.9 Å². The van der Waals surface area contributed by atoms with E-state index in [9.17, 15) is 33.3 Å². The van der Waals surface area contributed by atoms with Crippen molar-refractivity contribution in [1.82, 2.24) is 0 Å². The average Bonchev–Trinajstić information content (AvgIpc) is 2.78. The van der Waals surface area contributed by atoms with E-state index in [-0.39, 0.29) is 17.8 Å². The van der Waals surface area contributed by atoms with E-state index in [4.69, 9.17) is 4.74 Å². The lowest BCUT2D eigenvalue weighted by Crippen LogP contribution is -2.20. The Labute approximate surface area is 204 Å². The molecule has 9 nitrogen and oxygen atoms in total. The normalized spacial score (nSPS) is 10.5. The number of esters is 1. The van der Waals surface area contributed by atoms with Crippen LogP contribution in [0.25, 0.3) is 0 Å². The molecule has 0 aliphatic heterocycles. The number of rotatable bonds is 8. The molecule has 0 saturated carbocycles. The van der Waals surface area contributed by atoms with Crippen molar-refractivity contribution in [3.05, 3.63) is 93.0 Å². The smallest absolute Gasteiger partial charge is 0.344 e. The molecule has 1 N–H and O–H groups in total. The molecule has 186 valence electrons. The lowest BCUT2D eigenvalue weighted by molar-refractivity contribution is -0.384. The third kappa shape index (κ3) is 5.69. The monoisotopic (exact) mass is 497 g/mol. The number of Topliss-reactive ketones (excluding diaryl/α,β-unsaturated/α-hetero) is 1. The molecule has 36 heavy (non-hydrogen) atoms. The second kappa shape index (κ2) is 10.7. The predicted molar refractivity (Wildman–Crippen MR) is 127 cm³/mol. The van der Waals surface area contributed by atoms with Gasteiger partial charge in [0.2, 0.25) is 11.7 Å². The number of nitro groups is 1. The summed E-state index contributed by atoms with van der Waals surface area (Å²) in [6.45, 7) is 2.38. The highest BCUT2D eigenvalue weighted by Crippen LogP contribution is 2.39. The first kappa shape index (κ1) is 25.9. The molecule has 1 amide bonds. The zero-order chi connectivity index (χ0) is 26.6. The van der Waals surface area contributed by atoms with Gasteiger partial charge in [0.1, 0.15) is 23.0 Å². The highest BCUT2D eigenvalue weighted by molar-refractivity contribution is 6.03. The van der Waals surface area contributed by atoms with Crippen molar-refractivity contribution in [2.75, 3.05) is 17.3 Å². The molecule has 0 atom stereocenters. The molecule has 0 aromatic heterocycles. The number of carbonyl (C=O) groups excluding carboxylic acids is 3. The largest absolute Gasteiger partial charge is 0.415 e. The van der Waals surface area contributed by atoms with Gasteiger partial charge in [0.05, 0.1) is 16.1 Å². The zero-order valence-corrected chi connectivity index (χ0v) is 19.5. The van der Waals surface area contributed by atoms with Gasteiger partial charge in [-0.25, -0.2) is 13.6 Å². The Bertz CT molecular complexity index is 1340. The zero-order valence-electron chi connectivity index (χ0n) is 19.5. The van der Waals surface area contributed by atoms with Crippen LogP contribution in [0.5, 0.6) is 5.75 Å². The summed E-state index contributed by atoms with van der Waals surface area (Å²) in [5, 5.41) is 13.9. The first-order valence-electron chi connectivity index (χ1n) is 10.6. The number of nitro benzene ring substituents is 1. The number of anilines is 2. The summed E-state index contributed by atoms with van der Waals surface area (Å²) < 4.78 is 34.9. The van der Waals surface area contributed by atoms with Gasteiger partial charge in [-0.2, -0.15) is 0 Å². The van der Waals surface area contributed by atoms with Crippen LogP contribution in [-0.2, 0) is 11.3 Å². The molecule has 0 unspecified atom stereocenters. The average molecular weight is 497 g/mol. The summed E-state index contributed by atoms with van der Waals surface area (Å²) in [6.07, 6.45) is 0. The Balaban J connectivity index is 1.98. The number of carbonyl (C=O) groups is 3. The maximum atomic E-state index is 14.9. The Hall–Kier alpha value is -4.67. The van der Waals surface area contributed by atoms with Crippen LogP contribution in [0.2, 0.25) is 0 Å². The minimum atomic E-state index is -1.34. The molecule has 0 aliphatic rings. The number of hydrogen-bond donors (Lipinski definition) is 1. The van der Waals surface area contributed by atoms with Gasteiger partial charge in [-0.05, 0) is 36.8 Å². The summed E-state index contributed by atoms with van der Waals surface area (Å²) >= 11 is 0. The van der Waals surface area contributed by atoms with Crippen LogP contribution in [0.1, 0.15) is 40.1 Å². The van der Waals surface area contributed by atoms with E-state index in [1.807, 2.05) is 0 Å². The van der Waals surface area contributed by atoms with Crippen molar-refractivity contribution in [3.8, 4) is 5.75 Å². The summed E-state index contributed by atoms with van der Waals surface area (Å²) in [7, 11) is 1.47. The summed E-state index contributed by atoms with van der Waals surface area (Å²) in [6, 6.07) is 12.7. The maximum Gasteiger partial charge on any atom is 0.344 e. The summed E-state index contributed by atoms with van der Waals surface area (Å²) in [5.41, 5.74) is -1.68. The van der Waals surface area contributed by atoms with E-state index in [1.54, 1.807) is 30.3 Å². The quantitative estimate of drug-likeness (QED) is 0.155. The van der Waals surface area contributed by atoms with Gasteiger partial charge in [-0.15, -0.1) is 0 Å². The molecule has 11 heteroatoms. The minimum Gasteiger partial charge on any atom is -0.415 e. The number of benzene rings is 3. The maximum absolute atomic E-state index is 14.9. The Morgan fingerprint density at radius 3 is 2.17 bits per heavy atom. The van der Waals surface area contributed by atoms with Crippen molar-refractivity contribution in [1.29, 1.82) is 0 Å². The van der Waals surface area contributed by atoms with Crippen molar-refractivity contribution in [2.24, 2.45) is 0 Å². The molecule has 0 saturated heterocycles. The van der Waals surface area contributed by atoms with Crippen LogP contribution < -0.4 is 15.0 Å². The van der Waals surface area contributed by atoms with E-state index in [0.29, 0.717) is 0 Å². The van der Waals surface area contributed by atoms with Crippen LogP contribution in [0.3, 0.4) is 0 Å². The number of hydrogen-bond acceptors (Lipinski definition) is 7. The van der Waals surface area contributed by atoms with Crippen molar-refractivity contribution >= 4 is 34.7 Å². The van der Waals surface area contributed by atoms with Crippen LogP contribution in [0.15, 0.2) is 54.6 Å². The fourth-order valence-electron chi connectivity index (χ4n) is 3.56. The van der Waals surface area contributed by atoms with Crippen molar-refractivity contribution in [2.45, 2.75) is 20.4 Å². The first-order chi connectivity index (χ1) is 17.0. The van der Waals surface area contributed by atoms with Gasteiger partial charge in [-0.1, -0.05) is 30.3 Å². The highest BCUT2D eigenvalue weighted by atomic mass is 19.1. The number of halogens is 2. The number of ketones is 1. The number of nitrogens with one attached hydrogen (secondary N) is 1. The van der Waals surface area contributed by atoms with Gasteiger partial charge in [0, 0.05) is 20.5 Å². The number of amides is 1. The fraction of sp³-hybridized carbons (Fsp3) is 0.160. The third-order valence-electron chi connectivity index (χ3n) is 5.10.